The van der Waals surface area contributed by atoms with E-state index in [1.807, 2.05) is 0 Å². The Morgan fingerprint density at radius 1 is 1.24 bits per heavy atom. The van der Waals surface area contributed by atoms with Crippen LogP contribution in [-0.4, -0.2) is 42.1 Å². The third kappa shape index (κ3) is 6.26. The Morgan fingerprint density at radius 3 is 2.32 bits per heavy atom. The van der Waals surface area contributed by atoms with Gasteiger partial charge in [-0.3, -0.25) is 9.59 Å². The first-order valence-electron chi connectivity index (χ1n) is 7.78. The molecule has 1 rings (SSSR count). The van der Waals surface area contributed by atoms with Crippen LogP contribution in [0.1, 0.15) is 26.3 Å². The predicted molar refractivity (Wildman–Crippen MR) is 93.7 cm³/mol. The lowest BCUT2D eigenvalue weighted by atomic mass is 10.0. The van der Waals surface area contributed by atoms with Crippen molar-refractivity contribution in [2.24, 2.45) is 5.92 Å². The zero-order valence-corrected chi connectivity index (χ0v) is 15.4. The van der Waals surface area contributed by atoms with Crippen LogP contribution in [0.3, 0.4) is 0 Å². The lowest BCUT2D eigenvalue weighted by molar-refractivity contribution is -0.142. The highest BCUT2D eigenvalue weighted by Crippen LogP contribution is 2.25. The van der Waals surface area contributed by atoms with E-state index in [0.29, 0.717) is 16.3 Å². The number of benzene rings is 1. The normalized spacial score (nSPS) is 13.0. The third-order valence-electron chi connectivity index (χ3n) is 3.58. The van der Waals surface area contributed by atoms with Gasteiger partial charge in [-0.25, -0.2) is 4.79 Å². The number of halogens is 1. The van der Waals surface area contributed by atoms with Gasteiger partial charge in [0.1, 0.15) is 17.8 Å². The van der Waals surface area contributed by atoms with Gasteiger partial charge in [0.05, 0.1) is 12.1 Å². The van der Waals surface area contributed by atoms with Gasteiger partial charge in [-0.15, -0.1) is 0 Å². The molecule has 8 heteroatoms. The van der Waals surface area contributed by atoms with Gasteiger partial charge in [0, 0.05) is 13.3 Å². The van der Waals surface area contributed by atoms with Gasteiger partial charge in [0.2, 0.25) is 11.8 Å². The van der Waals surface area contributed by atoms with E-state index in [1.54, 1.807) is 32.0 Å². The summed E-state index contributed by atoms with van der Waals surface area (Å²) in [7, 11) is 1.48. The van der Waals surface area contributed by atoms with E-state index < -0.39 is 24.0 Å². The number of nitrogens with one attached hydrogen (secondary N) is 2. The minimum Gasteiger partial charge on any atom is -0.495 e. The molecule has 25 heavy (non-hydrogen) atoms. The van der Waals surface area contributed by atoms with Crippen molar-refractivity contribution in [1.82, 2.24) is 10.6 Å². The number of aliphatic carboxylic acids is 1. The Hall–Kier alpha value is -2.28. The number of ether oxygens (including phenoxy) is 1. The Bertz CT molecular complexity index is 648. The van der Waals surface area contributed by atoms with Crippen molar-refractivity contribution < 1.29 is 24.2 Å². The Labute approximate surface area is 151 Å². The number of amides is 2. The van der Waals surface area contributed by atoms with Crippen LogP contribution in [0, 0.1) is 5.92 Å². The van der Waals surface area contributed by atoms with Crippen molar-refractivity contribution >= 4 is 29.4 Å². The average molecular weight is 371 g/mol. The monoisotopic (exact) mass is 370 g/mol. The van der Waals surface area contributed by atoms with Crippen LogP contribution >= 0.6 is 11.6 Å². The summed E-state index contributed by atoms with van der Waals surface area (Å²) in [5.41, 5.74) is 0.638. The second-order valence-electron chi connectivity index (χ2n) is 5.99. The molecule has 0 aromatic heterocycles. The lowest BCUT2D eigenvalue weighted by Crippen LogP contribution is -2.53. The number of methoxy groups -OCH3 is 1. The number of carbonyl (C=O) groups excluding carboxylic acids is 2. The van der Waals surface area contributed by atoms with E-state index in [2.05, 4.69) is 10.6 Å². The summed E-state index contributed by atoms with van der Waals surface area (Å²) in [6.07, 6.45) is 0.0513. The maximum Gasteiger partial charge on any atom is 0.326 e. The van der Waals surface area contributed by atoms with E-state index in [0.717, 1.165) is 0 Å². The first-order chi connectivity index (χ1) is 11.6. The van der Waals surface area contributed by atoms with Crippen LogP contribution in [0.15, 0.2) is 18.2 Å². The van der Waals surface area contributed by atoms with Crippen LogP contribution in [0.2, 0.25) is 5.02 Å². The SMILES string of the molecule is COc1ccc(C[C@@H](NC(=O)[C@H](NC(C)=O)C(C)C)C(=O)O)cc1Cl. The molecule has 0 bridgehead atoms. The van der Waals surface area contributed by atoms with E-state index in [1.165, 1.54) is 14.0 Å². The van der Waals surface area contributed by atoms with E-state index in [9.17, 15) is 19.5 Å². The predicted octanol–water partition coefficient (Wildman–Crippen LogP) is 1.62. The highest BCUT2D eigenvalue weighted by Gasteiger charge is 2.28. The second-order valence-corrected chi connectivity index (χ2v) is 6.40. The highest BCUT2D eigenvalue weighted by molar-refractivity contribution is 6.32. The zero-order valence-electron chi connectivity index (χ0n) is 14.6. The molecule has 7 nitrogen and oxygen atoms in total. The minimum absolute atomic E-state index is 0.0513. The zero-order chi connectivity index (χ0) is 19.1. The van der Waals surface area contributed by atoms with Gasteiger partial charge in [-0.2, -0.15) is 0 Å². The fraction of sp³-hybridized carbons (Fsp3) is 0.471. The summed E-state index contributed by atoms with van der Waals surface area (Å²) in [5.74, 6) is -1.79. The summed E-state index contributed by atoms with van der Waals surface area (Å²) >= 11 is 6.04. The lowest BCUT2D eigenvalue weighted by Gasteiger charge is -2.23. The van der Waals surface area contributed by atoms with Crippen molar-refractivity contribution in [2.75, 3.05) is 7.11 Å². The molecule has 0 unspecified atom stereocenters. The van der Waals surface area contributed by atoms with Crippen molar-refractivity contribution in [3.63, 3.8) is 0 Å². The van der Waals surface area contributed by atoms with Gasteiger partial charge in [-0.05, 0) is 23.6 Å². The quantitative estimate of drug-likeness (QED) is 0.645. The number of carboxylic acids is 1. The molecule has 0 fully saturated rings. The van der Waals surface area contributed by atoms with E-state index in [4.69, 9.17) is 16.3 Å². The molecule has 0 saturated carbocycles. The molecule has 1 aromatic carbocycles. The molecule has 0 heterocycles. The summed E-state index contributed by atoms with van der Waals surface area (Å²) in [6.45, 7) is 4.83. The Morgan fingerprint density at radius 2 is 1.88 bits per heavy atom. The molecule has 3 N–H and O–H groups in total. The van der Waals surface area contributed by atoms with Crippen LogP contribution < -0.4 is 15.4 Å². The molecule has 0 aliphatic carbocycles. The molecule has 138 valence electrons. The summed E-state index contributed by atoms with van der Waals surface area (Å²) < 4.78 is 5.05. The van der Waals surface area contributed by atoms with Crippen LogP contribution in [0.4, 0.5) is 0 Å². The number of carbonyl (C=O) groups is 3. The van der Waals surface area contributed by atoms with Gasteiger partial charge in [0.25, 0.3) is 0 Å². The molecule has 0 aliphatic heterocycles. The number of hydrogen-bond donors (Lipinski definition) is 3. The number of rotatable bonds is 8. The standard InChI is InChI=1S/C17H23ClN2O5/c1-9(2)15(19-10(3)21)16(22)20-13(17(23)24)8-11-5-6-14(25-4)12(18)7-11/h5-7,9,13,15H,8H2,1-4H3,(H,19,21)(H,20,22)(H,23,24)/t13-,15-/m1/s1. The Kier molecular flexibility index (Phi) is 7.70. The van der Waals surface area contributed by atoms with Crippen molar-refractivity contribution in [1.29, 1.82) is 0 Å². The maximum absolute atomic E-state index is 12.4. The molecule has 0 radical (unpaired) electrons. The molecule has 0 aliphatic rings. The van der Waals surface area contributed by atoms with Gasteiger partial charge < -0.3 is 20.5 Å². The largest absolute Gasteiger partial charge is 0.495 e. The van der Waals surface area contributed by atoms with Gasteiger partial charge >= 0.3 is 5.97 Å². The van der Waals surface area contributed by atoms with Crippen LogP contribution in [0.25, 0.3) is 0 Å². The first-order valence-corrected chi connectivity index (χ1v) is 8.16. The Balaban J connectivity index is 2.89. The molecular weight excluding hydrogens is 348 g/mol. The van der Waals surface area contributed by atoms with Gasteiger partial charge in [0.15, 0.2) is 0 Å². The maximum atomic E-state index is 12.4. The minimum atomic E-state index is -1.18. The van der Waals surface area contributed by atoms with Crippen molar-refractivity contribution in [3.05, 3.63) is 28.8 Å². The smallest absolute Gasteiger partial charge is 0.326 e. The molecule has 1 aromatic rings. The fourth-order valence-corrected chi connectivity index (χ4v) is 2.57. The first kappa shape index (κ1) is 20.8. The third-order valence-corrected chi connectivity index (χ3v) is 3.87. The fourth-order valence-electron chi connectivity index (χ4n) is 2.29. The molecular formula is C17H23ClN2O5. The van der Waals surface area contributed by atoms with E-state index >= 15 is 0 Å². The highest BCUT2D eigenvalue weighted by atomic mass is 35.5. The van der Waals surface area contributed by atoms with E-state index in [-0.39, 0.29) is 18.2 Å². The molecule has 0 saturated heterocycles. The topological polar surface area (TPSA) is 105 Å². The molecule has 2 atom stereocenters. The summed E-state index contributed by atoms with van der Waals surface area (Å²) in [6, 6.07) is 2.95. The van der Waals surface area contributed by atoms with Crippen molar-refractivity contribution in [3.8, 4) is 5.75 Å². The van der Waals surface area contributed by atoms with Crippen molar-refractivity contribution in [2.45, 2.75) is 39.3 Å². The van der Waals surface area contributed by atoms with Crippen LogP contribution in [0.5, 0.6) is 5.75 Å². The van der Waals surface area contributed by atoms with Crippen LogP contribution in [-0.2, 0) is 20.8 Å². The molecule has 0 spiro atoms. The summed E-state index contributed by atoms with van der Waals surface area (Å²) in [4.78, 5) is 35.1. The number of hydrogen-bond acceptors (Lipinski definition) is 4. The summed E-state index contributed by atoms with van der Waals surface area (Å²) in [5, 5.41) is 14.8. The second kappa shape index (κ2) is 9.27. The van der Waals surface area contributed by atoms with Gasteiger partial charge in [-0.1, -0.05) is 31.5 Å². The molecule has 2 amide bonds. The number of carboxylic acid groups (broad SMARTS) is 1. The average Bonchev–Trinajstić information content (AvgIpc) is 2.51.